The van der Waals surface area contributed by atoms with Crippen LogP contribution in [0.1, 0.15) is 61.6 Å². The molecular weight excluding hydrogens is 306 g/mol. The van der Waals surface area contributed by atoms with Gasteiger partial charge in [-0.25, -0.2) is 9.97 Å². The molecule has 1 aliphatic carbocycles. The van der Waals surface area contributed by atoms with E-state index in [9.17, 15) is 0 Å². The summed E-state index contributed by atoms with van der Waals surface area (Å²) in [6.07, 6.45) is 12.8. The zero-order chi connectivity index (χ0) is 15.5. The Hall–Kier alpha value is -1.27. The molecule has 1 saturated carbocycles. The maximum atomic E-state index is 4.96. The summed E-state index contributed by atoms with van der Waals surface area (Å²) in [4.78, 5) is 11.6. The molecule has 3 heterocycles. The van der Waals surface area contributed by atoms with Gasteiger partial charge < -0.3 is 0 Å². The summed E-state index contributed by atoms with van der Waals surface area (Å²) >= 11 is 1.88. The molecule has 0 aromatic carbocycles. The standard InChI is InChI=1S/C17H25N5S/c1-2-6-14(5-1)17-20-15(11-23-17)9-21-8-4-3-7-16(21)10-22-13-18-12-19-22/h11-14,16H,1-10H2/t16-/m1/s1. The van der Waals surface area contributed by atoms with E-state index in [1.54, 1.807) is 6.33 Å². The third kappa shape index (κ3) is 3.63. The molecule has 2 fully saturated rings. The Kier molecular flexibility index (Phi) is 4.71. The van der Waals surface area contributed by atoms with Crippen molar-refractivity contribution in [3.8, 4) is 0 Å². The summed E-state index contributed by atoms with van der Waals surface area (Å²) in [7, 11) is 0. The monoisotopic (exact) mass is 331 g/mol. The highest BCUT2D eigenvalue weighted by molar-refractivity contribution is 7.09. The SMILES string of the molecule is c1ncn(C[C@H]2CCCCN2Cc2csc(C3CCCC3)n2)n1. The van der Waals surface area contributed by atoms with Crippen molar-refractivity contribution >= 4 is 11.3 Å². The molecular formula is C17H25N5S. The van der Waals surface area contributed by atoms with Gasteiger partial charge in [0.1, 0.15) is 12.7 Å². The lowest BCUT2D eigenvalue weighted by atomic mass is 10.0. The zero-order valence-electron chi connectivity index (χ0n) is 13.6. The molecule has 0 radical (unpaired) electrons. The van der Waals surface area contributed by atoms with Gasteiger partial charge in [-0.3, -0.25) is 9.58 Å². The minimum Gasteiger partial charge on any atom is -0.293 e. The Morgan fingerprint density at radius 2 is 2.00 bits per heavy atom. The molecule has 0 spiro atoms. The first-order valence-corrected chi connectivity index (χ1v) is 9.77. The van der Waals surface area contributed by atoms with E-state index in [2.05, 4.69) is 20.4 Å². The fraction of sp³-hybridized carbons (Fsp3) is 0.706. The summed E-state index contributed by atoms with van der Waals surface area (Å²) < 4.78 is 1.97. The number of hydrogen-bond acceptors (Lipinski definition) is 5. The van der Waals surface area contributed by atoms with E-state index >= 15 is 0 Å². The van der Waals surface area contributed by atoms with Crippen molar-refractivity contribution in [2.24, 2.45) is 0 Å². The highest BCUT2D eigenvalue weighted by atomic mass is 32.1. The predicted octanol–water partition coefficient (Wildman–Crippen LogP) is 3.45. The van der Waals surface area contributed by atoms with Crippen LogP contribution in [-0.4, -0.2) is 37.2 Å². The van der Waals surface area contributed by atoms with Gasteiger partial charge >= 0.3 is 0 Å². The van der Waals surface area contributed by atoms with Crippen LogP contribution in [0.5, 0.6) is 0 Å². The van der Waals surface area contributed by atoms with Gasteiger partial charge in [0.05, 0.1) is 17.2 Å². The molecule has 0 unspecified atom stereocenters. The molecule has 5 nitrogen and oxygen atoms in total. The van der Waals surface area contributed by atoms with Crippen molar-refractivity contribution in [2.75, 3.05) is 6.54 Å². The Balaban J connectivity index is 1.41. The second kappa shape index (κ2) is 7.09. The van der Waals surface area contributed by atoms with E-state index in [4.69, 9.17) is 4.98 Å². The molecule has 1 aliphatic heterocycles. The lowest BCUT2D eigenvalue weighted by molar-refractivity contribution is 0.120. The topological polar surface area (TPSA) is 46.8 Å². The fourth-order valence-electron chi connectivity index (χ4n) is 3.98. The van der Waals surface area contributed by atoms with Gasteiger partial charge in [-0.05, 0) is 32.2 Å². The molecule has 0 amide bonds. The maximum absolute atomic E-state index is 4.96. The van der Waals surface area contributed by atoms with Crippen molar-refractivity contribution in [1.82, 2.24) is 24.6 Å². The average Bonchev–Trinajstić information content (AvgIpc) is 3.31. The van der Waals surface area contributed by atoms with Gasteiger partial charge in [0.15, 0.2) is 0 Å². The second-order valence-electron chi connectivity index (χ2n) is 6.90. The normalized spacial score (nSPS) is 23.6. The summed E-state index contributed by atoms with van der Waals surface area (Å²) in [5.74, 6) is 0.737. The van der Waals surface area contributed by atoms with E-state index < -0.39 is 0 Å². The van der Waals surface area contributed by atoms with Crippen LogP contribution in [0.4, 0.5) is 0 Å². The number of thiazole rings is 1. The molecule has 1 saturated heterocycles. The molecule has 2 aliphatic rings. The Bertz CT molecular complexity index is 602. The number of nitrogens with zero attached hydrogens (tertiary/aromatic N) is 5. The summed E-state index contributed by atoms with van der Waals surface area (Å²) in [6.45, 7) is 3.11. The van der Waals surface area contributed by atoms with Gasteiger partial charge in [0.25, 0.3) is 0 Å². The van der Waals surface area contributed by atoms with Crippen LogP contribution in [0, 0.1) is 0 Å². The van der Waals surface area contributed by atoms with E-state index in [1.165, 1.54) is 62.2 Å². The number of rotatable bonds is 5. The largest absolute Gasteiger partial charge is 0.293 e. The molecule has 0 bridgehead atoms. The quantitative estimate of drug-likeness (QED) is 0.842. The van der Waals surface area contributed by atoms with Crippen LogP contribution in [0.2, 0.25) is 0 Å². The second-order valence-corrected chi connectivity index (χ2v) is 7.79. The molecule has 6 heteroatoms. The van der Waals surface area contributed by atoms with E-state index in [0.717, 1.165) is 19.0 Å². The fourth-order valence-corrected chi connectivity index (χ4v) is 4.96. The van der Waals surface area contributed by atoms with Crippen LogP contribution in [0.3, 0.4) is 0 Å². The maximum Gasteiger partial charge on any atom is 0.137 e. The van der Waals surface area contributed by atoms with Crippen molar-refractivity contribution in [3.63, 3.8) is 0 Å². The highest BCUT2D eigenvalue weighted by Crippen LogP contribution is 2.35. The molecule has 23 heavy (non-hydrogen) atoms. The zero-order valence-corrected chi connectivity index (χ0v) is 14.4. The average molecular weight is 331 g/mol. The molecule has 2 aromatic heterocycles. The number of likely N-dealkylation sites (tertiary alicyclic amines) is 1. The van der Waals surface area contributed by atoms with Gasteiger partial charge in [-0.1, -0.05) is 19.3 Å². The van der Waals surface area contributed by atoms with Crippen molar-refractivity contribution < 1.29 is 0 Å². The summed E-state index contributed by atoms with van der Waals surface area (Å²) in [5.41, 5.74) is 1.27. The van der Waals surface area contributed by atoms with Crippen molar-refractivity contribution in [1.29, 1.82) is 0 Å². The molecule has 124 valence electrons. The van der Waals surface area contributed by atoms with Gasteiger partial charge in [0.2, 0.25) is 0 Å². The Morgan fingerprint density at radius 1 is 1.13 bits per heavy atom. The lowest BCUT2D eigenvalue weighted by Crippen LogP contribution is -2.41. The van der Waals surface area contributed by atoms with Crippen molar-refractivity contribution in [2.45, 2.75) is 70.0 Å². The third-order valence-corrected chi connectivity index (χ3v) is 6.31. The van der Waals surface area contributed by atoms with E-state index in [0.29, 0.717) is 6.04 Å². The Morgan fingerprint density at radius 3 is 2.83 bits per heavy atom. The number of aromatic nitrogens is 4. The van der Waals surface area contributed by atoms with Crippen LogP contribution in [-0.2, 0) is 13.1 Å². The van der Waals surface area contributed by atoms with Crippen LogP contribution < -0.4 is 0 Å². The van der Waals surface area contributed by atoms with Gasteiger partial charge in [-0.15, -0.1) is 11.3 Å². The predicted molar refractivity (Wildman–Crippen MR) is 91.4 cm³/mol. The van der Waals surface area contributed by atoms with Gasteiger partial charge in [0, 0.05) is 23.9 Å². The summed E-state index contributed by atoms with van der Waals surface area (Å²) in [5, 5.41) is 7.94. The molecule has 0 N–H and O–H groups in total. The number of hydrogen-bond donors (Lipinski definition) is 0. The molecule has 4 rings (SSSR count). The first-order valence-electron chi connectivity index (χ1n) is 8.89. The minimum absolute atomic E-state index is 0.557. The first-order chi connectivity index (χ1) is 11.4. The van der Waals surface area contributed by atoms with Gasteiger partial charge in [-0.2, -0.15) is 5.10 Å². The highest BCUT2D eigenvalue weighted by Gasteiger charge is 2.25. The minimum atomic E-state index is 0.557. The van der Waals surface area contributed by atoms with Crippen LogP contribution >= 0.6 is 11.3 Å². The first kappa shape index (κ1) is 15.3. The van der Waals surface area contributed by atoms with Crippen molar-refractivity contribution in [3.05, 3.63) is 28.7 Å². The Labute approximate surface area is 141 Å². The van der Waals surface area contributed by atoms with Crippen LogP contribution in [0.15, 0.2) is 18.0 Å². The molecule has 2 aromatic rings. The smallest absolute Gasteiger partial charge is 0.137 e. The summed E-state index contributed by atoms with van der Waals surface area (Å²) in [6, 6.07) is 0.557. The van der Waals surface area contributed by atoms with Crippen LogP contribution in [0.25, 0.3) is 0 Å². The lowest BCUT2D eigenvalue weighted by Gasteiger charge is -2.35. The molecule has 1 atom stereocenters. The van der Waals surface area contributed by atoms with E-state index in [1.807, 2.05) is 22.3 Å². The third-order valence-electron chi connectivity index (χ3n) is 5.25. The van der Waals surface area contributed by atoms with E-state index in [-0.39, 0.29) is 0 Å². The number of piperidine rings is 1.